The van der Waals surface area contributed by atoms with Crippen molar-refractivity contribution in [2.24, 2.45) is 5.41 Å². The van der Waals surface area contributed by atoms with Gasteiger partial charge in [0, 0.05) is 6.54 Å². The fourth-order valence-corrected chi connectivity index (χ4v) is 3.18. The van der Waals surface area contributed by atoms with Crippen molar-refractivity contribution in [2.75, 3.05) is 6.54 Å². The Morgan fingerprint density at radius 3 is 2.61 bits per heavy atom. The average molecular weight is 264 g/mol. The molecule has 1 aromatic rings. The third-order valence-corrected chi connectivity index (χ3v) is 4.95. The number of nitrogens with zero attached hydrogens (tertiary/aromatic N) is 1. The zero-order chi connectivity index (χ0) is 13.4. The van der Waals surface area contributed by atoms with E-state index in [4.69, 9.17) is 5.26 Å². The minimum absolute atomic E-state index is 0.133. The molecule has 96 valence electrons. The van der Waals surface area contributed by atoms with Gasteiger partial charge in [-0.3, -0.25) is 0 Å². The van der Waals surface area contributed by atoms with Crippen LogP contribution in [0.2, 0.25) is 0 Å². The van der Waals surface area contributed by atoms with E-state index in [2.05, 4.69) is 11.6 Å². The molecule has 0 bridgehead atoms. The topological polar surface area (TPSA) is 70.0 Å². The molecule has 0 aliphatic heterocycles. The fourth-order valence-electron chi connectivity index (χ4n) is 1.76. The van der Waals surface area contributed by atoms with Crippen molar-refractivity contribution in [3.63, 3.8) is 0 Å². The summed E-state index contributed by atoms with van der Waals surface area (Å²) in [7, 11) is -3.47. The molecule has 0 saturated heterocycles. The molecule has 5 heteroatoms. The molecule has 1 fully saturated rings. The molecule has 1 N–H and O–H groups in total. The summed E-state index contributed by atoms with van der Waals surface area (Å²) in [5, 5.41) is 8.76. The van der Waals surface area contributed by atoms with Crippen LogP contribution >= 0.6 is 0 Å². The highest BCUT2D eigenvalue weighted by atomic mass is 32.2. The molecule has 18 heavy (non-hydrogen) atoms. The molecular formula is C13H16N2O2S. The van der Waals surface area contributed by atoms with E-state index in [1.54, 1.807) is 13.0 Å². The van der Waals surface area contributed by atoms with Crippen molar-refractivity contribution in [1.29, 1.82) is 5.26 Å². The van der Waals surface area contributed by atoms with Gasteiger partial charge in [0.05, 0.1) is 16.5 Å². The van der Waals surface area contributed by atoms with E-state index in [0.29, 0.717) is 17.7 Å². The highest BCUT2D eigenvalue weighted by Gasteiger charge is 2.38. The van der Waals surface area contributed by atoms with Gasteiger partial charge in [-0.25, -0.2) is 13.1 Å². The molecule has 1 aliphatic carbocycles. The van der Waals surface area contributed by atoms with E-state index >= 15 is 0 Å². The van der Waals surface area contributed by atoms with Crippen LogP contribution in [0.5, 0.6) is 0 Å². The van der Waals surface area contributed by atoms with Gasteiger partial charge < -0.3 is 0 Å². The van der Waals surface area contributed by atoms with Crippen molar-refractivity contribution in [2.45, 2.75) is 31.6 Å². The summed E-state index contributed by atoms with van der Waals surface area (Å²) in [5.41, 5.74) is 1.20. The largest absolute Gasteiger partial charge is 0.240 e. The lowest BCUT2D eigenvalue weighted by molar-refractivity contribution is 0.530. The van der Waals surface area contributed by atoms with Crippen molar-refractivity contribution >= 4 is 10.0 Å². The van der Waals surface area contributed by atoms with Gasteiger partial charge in [-0.1, -0.05) is 6.92 Å². The van der Waals surface area contributed by atoms with Crippen molar-refractivity contribution in [3.8, 4) is 6.07 Å². The van der Waals surface area contributed by atoms with Crippen molar-refractivity contribution in [3.05, 3.63) is 29.3 Å². The first-order valence-electron chi connectivity index (χ1n) is 5.87. The summed E-state index contributed by atoms with van der Waals surface area (Å²) in [6, 6.07) is 6.61. The number of aryl methyl sites for hydroxylation is 1. The third kappa shape index (κ3) is 2.71. The molecule has 0 amide bonds. The summed E-state index contributed by atoms with van der Waals surface area (Å²) in [4.78, 5) is 0.255. The summed E-state index contributed by atoms with van der Waals surface area (Å²) >= 11 is 0. The Kier molecular flexibility index (Phi) is 3.18. The first-order chi connectivity index (χ1) is 8.36. The second-order valence-electron chi connectivity index (χ2n) is 5.23. The number of nitrogens with one attached hydrogen (secondary N) is 1. The van der Waals surface area contributed by atoms with E-state index in [1.165, 1.54) is 12.1 Å². The molecule has 1 saturated carbocycles. The first-order valence-corrected chi connectivity index (χ1v) is 7.35. The van der Waals surface area contributed by atoms with Gasteiger partial charge in [0.1, 0.15) is 0 Å². The molecule has 2 rings (SSSR count). The smallest absolute Gasteiger partial charge is 0.211 e. The maximum absolute atomic E-state index is 12.1. The first kappa shape index (κ1) is 13.1. The Balaban J connectivity index is 2.21. The van der Waals surface area contributed by atoms with Gasteiger partial charge in [0.15, 0.2) is 0 Å². The molecule has 0 spiro atoms. The third-order valence-electron chi connectivity index (χ3n) is 3.39. The van der Waals surface area contributed by atoms with Gasteiger partial charge in [0.2, 0.25) is 10.0 Å². The van der Waals surface area contributed by atoms with E-state index in [0.717, 1.165) is 12.8 Å². The molecule has 4 nitrogen and oxygen atoms in total. The van der Waals surface area contributed by atoms with Crippen LogP contribution in [-0.4, -0.2) is 15.0 Å². The Morgan fingerprint density at radius 2 is 2.11 bits per heavy atom. The summed E-state index contributed by atoms with van der Waals surface area (Å²) in [5.74, 6) is 0. The van der Waals surface area contributed by atoms with Crippen LogP contribution in [0.25, 0.3) is 0 Å². The Morgan fingerprint density at radius 1 is 1.44 bits per heavy atom. The van der Waals surface area contributed by atoms with Crippen LogP contribution in [0.1, 0.15) is 30.9 Å². The summed E-state index contributed by atoms with van der Waals surface area (Å²) in [6.45, 7) is 4.25. The van der Waals surface area contributed by atoms with E-state index in [9.17, 15) is 8.42 Å². The van der Waals surface area contributed by atoms with E-state index < -0.39 is 10.0 Å². The van der Waals surface area contributed by atoms with E-state index in [-0.39, 0.29) is 10.3 Å². The lowest BCUT2D eigenvalue weighted by Gasteiger charge is -2.12. The van der Waals surface area contributed by atoms with Crippen molar-refractivity contribution in [1.82, 2.24) is 4.72 Å². The molecule has 1 aromatic carbocycles. The second-order valence-corrected chi connectivity index (χ2v) is 6.96. The highest BCUT2D eigenvalue weighted by Crippen LogP contribution is 2.44. The molecule has 0 unspecified atom stereocenters. The number of rotatable bonds is 4. The molecule has 0 heterocycles. The highest BCUT2D eigenvalue weighted by molar-refractivity contribution is 7.89. The Bertz CT molecular complexity index is 610. The maximum Gasteiger partial charge on any atom is 0.240 e. The van der Waals surface area contributed by atoms with Crippen LogP contribution in [-0.2, 0) is 10.0 Å². The van der Waals surface area contributed by atoms with Gasteiger partial charge in [-0.05, 0) is 48.9 Å². The molecule has 0 atom stereocenters. The van der Waals surface area contributed by atoms with Crippen LogP contribution < -0.4 is 4.72 Å². The predicted molar refractivity (Wildman–Crippen MR) is 68.4 cm³/mol. The monoisotopic (exact) mass is 264 g/mol. The zero-order valence-corrected chi connectivity index (χ0v) is 11.3. The van der Waals surface area contributed by atoms with Crippen LogP contribution in [0.4, 0.5) is 0 Å². The van der Waals surface area contributed by atoms with Crippen LogP contribution in [0.3, 0.4) is 0 Å². The quantitative estimate of drug-likeness (QED) is 0.903. The molecular weight excluding hydrogens is 248 g/mol. The molecule has 0 aromatic heterocycles. The number of benzene rings is 1. The van der Waals surface area contributed by atoms with Gasteiger partial charge in [0.25, 0.3) is 0 Å². The fraction of sp³-hybridized carbons (Fsp3) is 0.462. The lowest BCUT2D eigenvalue weighted by Crippen LogP contribution is -2.29. The van der Waals surface area contributed by atoms with Crippen LogP contribution in [0, 0.1) is 23.7 Å². The summed E-state index contributed by atoms with van der Waals surface area (Å²) in [6.07, 6.45) is 2.14. The zero-order valence-electron chi connectivity index (χ0n) is 10.5. The minimum atomic E-state index is -3.47. The van der Waals surface area contributed by atoms with Gasteiger partial charge in [-0.2, -0.15) is 5.26 Å². The number of nitriles is 1. The summed E-state index contributed by atoms with van der Waals surface area (Å²) < 4.78 is 26.9. The average Bonchev–Trinajstić information content (AvgIpc) is 3.05. The lowest BCUT2D eigenvalue weighted by atomic mass is 10.1. The normalized spacial score (nSPS) is 17.2. The van der Waals surface area contributed by atoms with Gasteiger partial charge >= 0.3 is 0 Å². The van der Waals surface area contributed by atoms with Crippen LogP contribution in [0.15, 0.2) is 23.1 Å². The SMILES string of the molecule is Cc1cc(C#N)ccc1S(=O)(=O)NCC1(C)CC1. The second kappa shape index (κ2) is 4.38. The number of hydrogen-bond donors (Lipinski definition) is 1. The number of hydrogen-bond acceptors (Lipinski definition) is 3. The maximum atomic E-state index is 12.1. The van der Waals surface area contributed by atoms with Gasteiger partial charge in [-0.15, -0.1) is 0 Å². The molecule has 0 radical (unpaired) electrons. The predicted octanol–water partition coefficient (Wildman–Crippen LogP) is 1.95. The van der Waals surface area contributed by atoms with E-state index in [1.807, 2.05) is 6.07 Å². The minimum Gasteiger partial charge on any atom is -0.211 e. The Hall–Kier alpha value is -1.38. The number of sulfonamides is 1. The molecule has 1 aliphatic rings. The Labute approximate surface area is 108 Å². The van der Waals surface area contributed by atoms with Crippen molar-refractivity contribution < 1.29 is 8.42 Å². The standard InChI is InChI=1S/C13H16N2O2S/c1-10-7-11(8-14)3-4-12(10)18(16,17)15-9-13(2)5-6-13/h3-4,7,15H,5-6,9H2,1-2H3.